The molecule has 0 radical (unpaired) electrons. The molecule has 100 valence electrons. The molecule has 19 heavy (non-hydrogen) atoms. The molecule has 6 heteroatoms. The van der Waals surface area contributed by atoms with Gasteiger partial charge in [0.15, 0.2) is 0 Å². The van der Waals surface area contributed by atoms with Gasteiger partial charge < -0.3 is 5.21 Å². The van der Waals surface area contributed by atoms with Crippen LogP contribution in [0.4, 0.5) is 0 Å². The van der Waals surface area contributed by atoms with Crippen LogP contribution in [-0.2, 0) is 13.5 Å². The van der Waals surface area contributed by atoms with Crippen molar-refractivity contribution >= 4 is 11.8 Å². The van der Waals surface area contributed by atoms with Gasteiger partial charge in [-0.15, -0.1) is 0 Å². The summed E-state index contributed by atoms with van der Waals surface area (Å²) in [5.41, 5.74) is -0.323. The zero-order valence-corrected chi connectivity index (χ0v) is 11.5. The van der Waals surface area contributed by atoms with E-state index in [4.69, 9.17) is 0 Å². The van der Waals surface area contributed by atoms with Crippen LogP contribution >= 0.6 is 11.8 Å². The highest BCUT2D eigenvalue weighted by molar-refractivity contribution is 7.99. The smallest absolute Gasteiger partial charge is 0.365 e. The molecular formula is C13H14N2O3S. The van der Waals surface area contributed by atoms with E-state index in [1.54, 1.807) is 0 Å². The molecule has 2 aromatic rings. The Morgan fingerprint density at radius 3 is 2.63 bits per heavy atom. The Kier molecular flexibility index (Phi) is 3.80. The van der Waals surface area contributed by atoms with Crippen LogP contribution in [0.25, 0.3) is 0 Å². The zero-order chi connectivity index (χ0) is 14.0. The number of hydrogen-bond donors (Lipinski definition) is 1. The maximum atomic E-state index is 11.6. The quantitative estimate of drug-likeness (QED) is 0.682. The average molecular weight is 278 g/mol. The molecule has 1 heterocycles. The molecule has 1 N–H and O–H groups in total. The molecule has 2 rings (SSSR count). The molecule has 0 saturated heterocycles. The van der Waals surface area contributed by atoms with Gasteiger partial charge in [-0.3, -0.25) is 9.36 Å². The molecular weight excluding hydrogens is 264 g/mol. The maximum absolute atomic E-state index is 11.6. The summed E-state index contributed by atoms with van der Waals surface area (Å²) in [6, 6.07) is 9.06. The molecule has 0 amide bonds. The van der Waals surface area contributed by atoms with Crippen LogP contribution in [0.5, 0.6) is 0 Å². The van der Waals surface area contributed by atoms with E-state index >= 15 is 0 Å². The topological polar surface area (TPSA) is 64.2 Å². The summed E-state index contributed by atoms with van der Waals surface area (Å²) in [5, 5.41) is 9.74. The predicted molar refractivity (Wildman–Crippen MR) is 73.1 cm³/mol. The second-order valence-corrected chi connectivity index (χ2v) is 5.10. The van der Waals surface area contributed by atoms with Gasteiger partial charge in [0.2, 0.25) is 0 Å². The molecule has 0 spiro atoms. The molecule has 0 saturated carbocycles. The van der Waals surface area contributed by atoms with Crippen molar-refractivity contribution in [1.82, 2.24) is 9.30 Å². The van der Waals surface area contributed by atoms with Crippen molar-refractivity contribution in [3.63, 3.8) is 0 Å². The van der Waals surface area contributed by atoms with Gasteiger partial charge >= 0.3 is 5.69 Å². The fourth-order valence-corrected chi connectivity index (χ4v) is 2.79. The Labute approximate surface area is 114 Å². The fraction of sp³-hybridized carbons (Fsp3) is 0.231. The van der Waals surface area contributed by atoms with Gasteiger partial charge in [-0.2, -0.15) is 0 Å². The van der Waals surface area contributed by atoms with Crippen molar-refractivity contribution < 1.29 is 5.21 Å². The van der Waals surface area contributed by atoms with Gasteiger partial charge in [-0.25, -0.2) is 4.79 Å². The van der Waals surface area contributed by atoms with Crippen LogP contribution < -0.4 is 11.2 Å². The van der Waals surface area contributed by atoms with Gasteiger partial charge in [0, 0.05) is 18.0 Å². The van der Waals surface area contributed by atoms with Crippen LogP contribution in [0, 0.1) is 0 Å². The molecule has 0 atom stereocenters. The first-order valence-electron chi connectivity index (χ1n) is 5.82. The van der Waals surface area contributed by atoms with Crippen LogP contribution in [0.1, 0.15) is 12.5 Å². The van der Waals surface area contributed by atoms with Gasteiger partial charge in [-0.1, -0.05) is 41.6 Å². The zero-order valence-electron chi connectivity index (χ0n) is 10.7. The minimum Gasteiger partial charge on any atom is -0.421 e. The number of hydrogen-bond acceptors (Lipinski definition) is 4. The Morgan fingerprint density at radius 2 is 1.95 bits per heavy atom. The Morgan fingerprint density at radius 1 is 1.26 bits per heavy atom. The number of rotatable bonds is 3. The molecule has 1 aromatic heterocycles. The van der Waals surface area contributed by atoms with E-state index in [-0.39, 0.29) is 4.73 Å². The van der Waals surface area contributed by atoms with Crippen molar-refractivity contribution in [3.05, 3.63) is 56.7 Å². The Bertz CT molecular complexity index is 719. The van der Waals surface area contributed by atoms with Crippen molar-refractivity contribution in [2.45, 2.75) is 23.3 Å². The van der Waals surface area contributed by atoms with Crippen LogP contribution in [0.3, 0.4) is 0 Å². The first kappa shape index (κ1) is 13.5. The largest absolute Gasteiger partial charge is 0.421 e. The lowest BCUT2D eigenvalue weighted by Gasteiger charge is -2.10. The second-order valence-electron chi connectivity index (χ2n) is 4.04. The van der Waals surface area contributed by atoms with Gasteiger partial charge in [0.25, 0.3) is 5.56 Å². The van der Waals surface area contributed by atoms with E-state index in [1.807, 2.05) is 31.2 Å². The molecule has 1 aromatic carbocycles. The van der Waals surface area contributed by atoms with E-state index in [9.17, 15) is 14.8 Å². The summed E-state index contributed by atoms with van der Waals surface area (Å²) in [7, 11) is 1.52. The normalized spacial score (nSPS) is 10.6. The Balaban J connectivity index is 2.50. The van der Waals surface area contributed by atoms with E-state index < -0.39 is 11.2 Å². The fourth-order valence-electron chi connectivity index (χ4n) is 1.70. The maximum Gasteiger partial charge on any atom is 0.365 e. The van der Waals surface area contributed by atoms with Crippen LogP contribution in [0.15, 0.2) is 49.8 Å². The standard InChI is InChI=1S/C13H14N2O3S/c1-3-9-6-4-5-7-10(9)19-12-8-11(16)15(18)13(17)14(12)2/h4-8,18H,3H2,1-2H3. The lowest BCUT2D eigenvalue weighted by Crippen LogP contribution is -2.37. The lowest BCUT2D eigenvalue weighted by molar-refractivity contribution is 0.153. The first-order chi connectivity index (χ1) is 9.04. The third kappa shape index (κ3) is 2.58. The summed E-state index contributed by atoms with van der Waals surface area (Å²) in [5.74, 6) is 0. The summed E-state index contributed by atoms with van der Waals surface area (Å²) < 4.78 is 1.36. The van der Waals surface area contributed by atoms with Gasteiger partial charge in [-0.05, 0) is 18.1 Å². The molecule has 0 bridgehead atoms. The van der Waals surface area contributed by atoms with Crippen molar-refractivity contribution in [2.24, 2.45) is 7.05 Å². The van der Waals surface area contributed by atoms with E-state index in [1.165, 1.54) is 29.4 Å². The summed E-state index contributed by atoms with van der Waals surface area (Å²) in [6.45, 7) is 2.05. The van der Waals surface area contributed by atoms with Crippen LogP contribution in [0.2, 0.25) is 0 Å². The highest BCUT2D eigenvalue weighted by atomic mass is 32.2. The monoisotopic (exact) mass is 278 g/mol. The number of aryl methyl sites for hydroxylation is 1. The van der Waals surface area contributed by atoms with Crippen LogP contribution in [-0.4, -0.2) is 14.5 Å². The molecule has 0 unspecified atom stereocenters. The lowest BCUT2D eigenvalue weighted by atomic mass is 10.2. The van der Waals surface area contributed by atoms with Gasteiger partial charge in [0.05, 0.1) is 5.03 Å². The van der Waals surface area contributed by atoms with E-state index in [2.05, 4.69) is 0 Å². The average Bonchev–Trinajstić information content (AvgIpc) is 2.43. The minimum atomic E-state index is -0.746. The van der Waals surface area contributed by atoms with Crippen molar-refractivity contribution in [2.75, 3.05) is 0 Å². The number of benzene rings is 1. The summed E-state index contributed by atoms with van der Waals surface area (Å²) in [4.78, 5) is 24.1. The minimum absolute atomic E-state index is 0.107. The SMILES string of the molecule is CCc1ccccc1Sc1cc(=O)n(O)c(=O)n1C. The highest BCUT2D eigenvalue weighted by Crippen LogP contribution is 2.28. The second kappa shape index (κ2) is 5.36. The summed E-state index contributed by atoms with van der Waals surface area (Å²) in [6.07, 6.45) is 0.869. The van der Waals surface area contributed by atoms with Crippen molar-refractivity contribution in [3.8, 4) is 0 Å². The molecule has 0 aliphatic rings. The highest BCUT2D eigenvalue weighted by Gasteiger charge is 2.10. The van der Waals surface area contributed by atoms with Crippen molar-refractivity contribution in [1.29, 1.82) is 0 Å². The number of nitrogens with zero attached hydrogens (tertiary/aromatic N) is 2. The van der Waals surface area contributed by atoms with E-state index in [0.717, 1.165) is 16.9 Å². The Hall–Kier alpha value is -1.95. The van der Waals surface area contributed by atoms with E-state index in [0.29, 0.717) is 5.03 Å². The molecule has 0 aliphatic heterocycles. The molecule has 5 nitrogen and oxygen atoms in total. The predicted octanol–water partition coefficient (Wildman–Crippen LogP) is 1.50. The first-order valence-corrected chi connectivity index (χ1v) is 6.64. The summed E-state index contributed by atoms with van der Waals surface area (Å²) >= 11 is 1.34. The molecule has 0 fully saturated rings. The third-order valence-electron chi connectivity index (χ3n) is 2.82. The third-order valence-corrected chi connectivity index (χ3v) is 4.04. The molecule has 0 aliphatic carbocycles. The van der Waals surface area contributed by atoms with Gasteiger partial charge in [0.1, 0.15) is 0 Å². The number of aromatic nitrogens is 2.